The summed E-state index contributed by atoms with van der Waals surface area (Å²) in [6.45, 7) is 2.01. The monoisotopic (exact) mass is 236 g/mol. The molecule has 0 bridgehead atoms. The molecule has 0 aliphatic heterocycles. The summed E-state index contributed by atoms with van der Waals surface area (Å²) in [5, 5.41) is 7.17. The number of pyridine rings is 1. The SMILES string of the molecule is Cc1cccnc1-c1nc(-c2ccccc2)n[nH]1. The van der Waals surface area contributed by atoms with E-state index in [0.717, 1.165) is 16.8 Å². The van der Waals surface area contributed by atoms with Crippen LogP contribution in [0.25, 0.3) is 22.9 Å². The molecule has 0 radical (unpaired) electrons. The molecule has 2 aromatic heterocycles. The van der Waals surface area contributed by atoms with Gasteiger partial charge in [0.25, 0.3) is 0 Å². The minimum Gasteiger partial charge on any atom is -0.257 e. The molecule has 18 heavy (non-hydrogen) atoms. The van der Waals surface area contributed by atoms with Crippen LogP contribution in [0.4, 0.5) is 0 Å². The Kier molecular flexibility index (Phi) is 2.61. The Balaban J connectivity index is 2.03. The van der Waals surface area contributed by atoms with Crippen molar-refractivity contribution in [1.29, 1.82) is 0 Å². The predicted molar refractivity (Wildman–Crippen MR) is 69.8 cm³/mol. The molecule has 0 aliphatic rings. The minimum atomic E-state index is 0.690. The number of rotatable bonds is 2. The lowest BCUT2D eigenvalue weighted by molar-refractivity contribution is 1.08. The average molecular weight is 236 g/mol. The molecule has 0 aliphatic carbocycles. The van der Waals surface area contributed by atoms with E-state index in [1.807, 2.05) is 49.4 Å². The molecule has 0 saturated heterocycles. The van der Waals surface area contributed by atoms with Crippen LogP contribution in [0.3, 0.4) is 0 Å². The first-order valence-corrected chi connectivity index (χ1v) is 5.74. The van der Waals surface area contributed by atoms with Gasteiger partial charge in [-0.15, -0.1) is 0 Å². The zero-order valence-electron chi connectivity index (χ0n) is 9.96. The molecule has 0 saturated carbocycles. The molecule has 3 aromatic rings. The molecule has 0 spiro atoms. The van der Waals surface area contributed by atoms with E-state index in [1.165, 1.54) is 0 Å². The van der Waals surface area contributed by atoms with Gasteiger partial charge in [-0.25, -0.2) is 4.98 Å². The Morgan fingerprint density at radius 3 is 2.61 bits per heavy atom. The highest BCUT2D eigenvalue weighted by Crippen LogP contribution is 2.20. The molecule has 0 amide bonds. The fraction of sp³-hybridized carbons (Fsp3) is 0.0714. The van der Waals surface area contributed by atoms with Crippen LogP contribution < -0.4 is 0 Å². The average Bonchev–Trinajstić information content (AvgIpc) is 2.90. The second-order valence-electron chi connectivity index (χ2n) is 4.04. The van der Waals surface area contributed by atoms with Gasteiger partial charge in [-0.05, 0) is 18.6 Å². The molecule has 0 fully saturated rings. The number of hydrogen-bond donors (Lipinski definition) is 1. The zero-order chi connectivity index (χ0) is 12.4. The Labute approximate surface area is 105 Å². The lowest BCUT2D eigenvalue weighted by atomic mass is 10.2. The van der Waals surface area contributed by atoms with Crippen molar-refractivity contribution < 1.29 is 0 Å². The summed E-state index contributed by atoms with van der Waals surface area (Å²) in [6.07, 6.45) is 1.76. The molecule has 0 unspecified atom stereocenters. The van der Waals surface area contributed by atoms with Crippen molar-refractivity contribution in [3.8, 4) is 22.9 Å². The van der Waals surface area contributed by atoms with Gasteiger partial charge in [-0.2, -0.15) is 5.10 Å². The highest BCUT2D eigenvalue weighted by atomic mass is 15.2. The van der Waals surface area contributed by atoms with Crippen molar-refractivity contribution in [2.45, 2.75) is 6.92 Å². The second-order valence-corrected chi connectivity index (χ2v) is 4.04. The smallest absolute Gasteiger partial charge is 0.181 e. The first-order chi connectivity index (χ1) is 8.84. The van der Waals surface area contributed by atoms with Gasteiger partial charge in [-0.1, -0.05) is 36.4 Å². The summed E-state index contributed by atoms with van der Waals surface area (Å²) in [5.74, 6) is 1.39. The third kappa shape index (κ3) is 1.88. The summed E-state index contributed by atoms with van der Waals surface area (Å²) >= 11 is 0. The number of hydrogen-bond acceptors (Lipinski definition) is 3. The fourth-order valence-electron chi connectivity index (χ4n) is 1.82. The summed E-state index contributed by atoms with van der Waals surface area (Å²) in [4.78, 5) is 8.80. The van der Waals surface area contributed by atoms with Crippen molar-refractivity contribution in [1.82, 2.24) is 20.2 Å². The third-order valence-electron chi connectivity index (χ3n) is 2.75. The standard InChI is InChI=1S/C14H12N4/c1-10-6-5-9-15-12(10)14-16-13(17-18-14)11-7-3-2-4-8-11/h2-9H,1H3,(H,16,17,18). The molecule has 1 N–H and O–H groups in total. The van der Waals surface area contributed by atoms with Crippen LogP contribution >= 0.6 is 0 Å². The van der Waals surface area contributed by atoms with Gasteiger partial charge < -0.3 is 0 Å². The number of aromatic amines is 1. The zero-order valence-corrected chi connectivity index (χ0v) is 9.96. The summed E-state index contributed by atoms with van der Waals surface area (Å²) in [7, 11) is 0. The van der Waals surface area contributed by atoms with Gasteiger partial charge in [0.15, 0.2) is 11.6 Å². The highest BCUT2D eigenvalue weighted by Gasteiger charge is 2.09. The van der Waals surface area contributed by atoms with Crippen LogP contribution in [-0.2, 0) is 0 Å². The van der Waals surface area contributed by atoms with Crippen LogP contribution in [0.1, 0.15) is 5.56 Å². The number of H-pyrrole nitrogens is 1. The van der Waals surface area contributed by atoms with Gasteiger partial charge in [0, 0.05) is 11.8 Å². The molecule has 2 heterocycles. The van der Waals surface area contributed by atoms with Crippen LogP contribution in [0, 0.1) is 6.92 Å². The highest BCUT2D eigenvalue weighted by molar-refractivity contribution is 5.60. The summed E-state index contributed by atoms with van der Waals surface area (Å²) < 4.78 is 0. The first-order valence-electron chi connectivity index (χ1n) is 5.74. The third-order valence-corrected chi connectivity index (χ3v) is 2.75. The van der Waals surface area contributed by atoms with Crippen molar-refractivity contribution >= 4 is 0 Å². The number of aryl methyl sites for hydroxylation is 1. The molecule has 4 heteroatoms. The summed E-state index contributed by atoms with van der Waals surface area (Å²) in [6, 6.07) is 13.8. The minimum absolute atomic E-state index is 0.690. The molecular formula is C14H12N4. The van der Waals surface area contributed by atoms with Crippen molar-refractivity contribution in [3.05, 3.63) is 54.2 Å². The Bertz CT molecular complexity index is 658. The largest absolute Gasteiger partial charge is 0.257 e. The van der Waals surface area contributed by atoms with E-state index in [9.17, 15) is 0 Å². The van der Waals surface area contributed by atoms with E-state index in [0.29, 0.717) is 11.6 Å². The molecule has 88 valence electrons. The van der Waals surface area contributed by atoms with Gasteiger partial charge in [0.2, 0.25) is 0 Å². The maximum atomic E-state index is 4.48. The van der Waals surface area contributed by atoms with Gasteiger partial charge in [0.1, 0.15) is 5.69 Å². The van der Waals surface area contributed by atoms with E-state index in [1.54, 1.807) is 6.20 Å². The number of aromatic nitrogens is 4. The fourth-order valence-corrected chi connectivity index (χ4v) is 1.82. The molecule has 3 rings (SSSR count). The maximum Gasteiger partial charge on any atom is 0.181 e. The molecular weight excluding hydrogens is 224 g/mol. The van der Waals surface area contributed by atoms with Gasteiger partial charge in [0.05, 0.1) is 0 Å². The number of nitrogens with zero attached hydrogens (tertiary/aromatic N) is 3. The van der Waals surface area contributed by atoms with Crippen LogP contribution in [-0.4, -0.2) is 20.2 Å². The van der Waals surface area contributed by atoms with E-state index < -0.39 is 0 Å². The van der Waals surface area contributed by atoms with E-state index in [-0.39, 0.29) is 0 Å². The maximum absolute atomic E-state index is 4.48. The molecule has 1 aromatic carbocycles. The quantitative estimate of drug-likeness (QED) is 0.744. The molecule has 0 atom stereocenters. The van der Waals surface area contributed by atoms with E-state index >= 15 is 0 Å². The normalized spacial score (nSPS) is 10.5. The van der Waals surface area contributed by atoms with Crippen molar-refractivity contribution in [2.75, 3.05) is 0 Å². The van der Waals surface area contributed by atoms with Crippen LogP contribution in [0.2, 0.25) is 0 Å². The second kappa shape index (κ2) is 4.41. The number of nitrogens with one attached hydrogen (secondary N) is 1. The van der Waals surface area contributed by atoms with Gasteiger partial charge in [-0.3, -0.25) is 10.1 Å². The van der Waals surface area contributed by atoms with Crippen LogP contribution in [0.5, 0.6) is 0 Å². The summed E-state index contributed by atoms with van der Waals surface area (Å²) in [5.41, 5.74) is 2.91. The van der Waals surface area contributed by atoms with Crippen LogP contribution in [0.15, 0.2) is 48.7 Å². The number of benzene rings is 1. The topological polar surface area (TPSA) is 54.5 Å². The lowest BCUT2D eigenvalue weighted by Crippen LogP contribution is -1.89. The first kappa shape index (κ1) is 10.7. The van der Waals surface area contributed by atoms with Crippen molar-refractivity contribution in [2.24, 2.45) is 0 Å². The Morgan fingerprint density at radius 1 is 1.00 bits per heavy atom. The van der Waals surface area contributed by atoms with Gasteiger partial charge >= 0.3 is 0 Å². The predicted octanol–water partition coefficient (Wildman–Crippen LogP) is 2.84. The van der Waals surface area contributed by atoms with E-state index in [2.05, 4.69) is 20.2 Å². The Morgan fingerprint density at radius 2 is 1.83 bits per heavy atom. The lowest BCUT2D eigenvalue weighted by Gasteiger charge is -1.98. The Hall–Kier alpha value is -2.49. The molecule has 4 nitrogen and oxygen atoms in total. The van der Waals surface area contributed by atoms with Crippen molar-refractivity contribution in [3.63, 3.8) is 0 Å². The van der Waals surface area contributed by atoms with E-state index in [4.69, 9.17) is 0 Å².